The molecular formula is C19H36N4O8. The predicted molar refractivity (Wildman–Crippen MR) is 112 cm³/mol. The molecule has 0 unspecified atom stereocenters. The second kappa shape index (κ2) is 19.1. The molecule has 0 aromatic carbocycles. The summed E-state index contributed by atoms with van der Waals surface area (Å²) in [6.45, 7) is 6.95. The first-order valence-electron chi connectivity index (χ1n) is 10.5. The summed E-state index contributed by atoms with van der Waals surface area (Å²) in [6, 6.07) is 0. The van der Waals surface area contributed by atoms with Gasteiger partial charge >= 0.3 is 24.4 Å². The highest BCUT2D eigenvalue weighted by Crippen LogP contribution is 2.10. The van der Waals surface area contributed by atoms with E-state index in [1.165, 1.54) is 0 Å². The average molecular weight is 449 g/mol. The first-order valence-corrected chi connectivity index (χ1v) is 10.5. The molecule has 0 aliphatic heterocycles. The predicted octanol–water partition coefficient (Wildman–Crippen LogP) is 1.74. The van der Waals surface area contributed by atoms with E-state index in [9.17, 15) is 19.2 Å². The van der Waals surface area contributed by atoms with Crippen LogP contribution in [0.2, 0.25) is 0 Å². The number of unbranched alkanes of at least 4 members (excludes halogenated alkanes) is 1. The van der Waals surface area contributed by atoms with E-state index in [1.807, 2.05) is 6.92 Å². The summed E-state index contributed by atoms with van der Waals surface area (Å²) in [6.07, 6.45) is 0.227. The lowest BCUT2D eigenvalue weighted by Gasteiger charge is -2.17. The van der Waals surface area contributed by atoms with Crippen molar-refractivity contribution < 1.29 is 38.1 Å². The summed E-state index contributed by atoms with van der Waals surface area (Å²) >= 11 is 0. The zero-order valence-corrected chi connectivity index (χ0v) is 18.6. The van der Waals surface area contributed by atoms with Crippen LogP contribution in [0.25, 0.3) is 0 Å². The van der Waals surface area contributed by atoms with Crippen LogP contribution in [0, 0.1) is 5.92 Å². The molecule has 0 saturated heterocycles. The lowest BCUT2D eigenvalue weighted by Crippen LogP contribution is -2.37. The van der Waals surface area contributed by atoms with Crippen molar-refractivity contribution in [3.05, 3.63) is 0 Å². The average Bonchev–Trinajstić information content (AvgIpc) is 2.74. The molecule has 0 aliphatic carbocycles. The van der Waals surface area contributed by atoms with Gasteiger partial charge in [-0.05, 0) is 20.3 Å². The molecule has 0 aromatic rings. The van der Waals surface area contributed by atoms with Crippen molar-refractivity contribution in [2.75, 3.05) is 52.6 Å². The van der Waals surface area contributed by atoms with Crippen LogP contribution < -0.4 is 21.3 Å². The molecule has 0 aromatic heterocycles. The minimum Gasteiger partial charge on any atom is -0.450 e. The number of carbonyl (C=O) groups excluding carboxylic acids is 4. The third-order valence-corrected chi connectivity index (χ3v) is 3.74. The van der Waals surface area contributed by atoms with Crippen molar-refractivity contribution in [3.63, 3.8) is 0 Å². The molecule has 0 radical (unpaired) electrons. The molecule has 12 nitrogen and oxygen atoms in total. The van der Waals surface area contributed by atoms with Crippen molar-refractivity contribution in [3.8, 4) is 0 Å². The number of hydrogen-bond acceptors (Lipinski definition) is 8. The molecule has 12 heteroatoms. The fourth-order valence-electron chi connectivity index (χ4n) is 2.22. The minimum atomic E-state index is -0.623. The Morgan fingerprint density at radius 1 is 0.613 bits per heavy atom. The molecule has 0 heterocycles. The summed E-state index contributed by atoms with van der Waals surface area (Å²) in [4.78, 5) is 45.8. The summed E-state index contributed by atoms with van der Waals surface area (Å²) in [5, 5.41) is 9.97. The number of amides is 4. The molecule has 4 amide bonds. The van der Waals surface area contributed by atoms with E-state index in [4.69, 9.17) is 18.9 Å². The van der Waals surface area contributed by atoms with Gasteiger partial charge in [-0.3, -0.25) is 0 Å². The fourth-order valence-corrected chi connectivity index (χ4v) is 2.22. The van der Waals surface area contributed by atoms with Crippen LogP contribution in [0.5, 0.6) is 0 Å². The number of hydrogen-bond donors (Lipinski definition) is 4. The molecule has 0 atom stereocenters. The van der Waals surface area contributed by atoms with Gasteiger partial charge in [0.15, 0.2) is 0 Å². The highest BCUT2D eigenvalue weighted by Gasteiger charge is 2.15. The highest BCUT2D eigenvalue weighted by molar-refractivity contribution is 5.69. The van der Waals surface area contributed by atoms with Gasteiger partial charge in [-0.25, -0.2) is 19.2 Å². The van der Waals surface area contributed by atoms with Crippen LogP contribution in [0.1, 0.15) is 40.0 Å². The lowest BCUT2D eigenvalue weighted by molar-refractivity contribution is 0.0817. The molecule has 0 aliphatic rings. The Labute approximate surface area is 183 Å². The van der Waals surface area contributed by atoms with Crippen LogP contribution in [0.4, 0.5) is 19.2 Å². The summed E-state index contributed by atoms with van der Waals surface area (Å²) in [5.41, 5.74) is 0. The SMILES string of the molecule is CCCCC(COC(=O)NCCNC(=O)OCC)COC(=O)NCCNC(=O)OCC. The monoisotopic (exact) mass is 448 g/mol. The molecule has 0 spiro atoms. The van der Waals surface area contributed by atoms with E-state index < -0.39 is 24.4 Å². The Morgan fingerprint density at radius 3 is 1.29 bits per heavy atom. The van der Waals surface area contributed by atoms with Gasteiger partial charge in [0.2, 0.25) is 0 Å². The van der Waals surface area contributed by atoms with E-state index in [2.05, 4.69) is 21.3 Å². The van der Waals surface area contributed by atoms with E-state index in [0.29, 0.717) is 0 Å². The molecule has 0 rings (SSSR count). The standard InChI is InChI=1S/C19H36N4O8/c1-4-7-8-15(13-30-18(26)22-11-9-20-16(24)28-5-2)14-31-19(27)23-12-10-21-17(25)29-6-3/h15H,4-14H2,1-3H3,(H,20,24)(H,21,25)(H,22,26)(H,23,27). The van der Waals surface area contributed by atoms with Gasteiger partial charge in [-0.15, -0.1) is 0 Å². The highest BCUT2D eigenvalue weighted by atomic mass is 16.6. The van der Waals surface area contributed by atoms with E-state index in [0.717, 1.165) is 19.3 Å². The Morgan fingerprint density at radius 2 is 0.968 bits per heavy atom. The van der Waals surface area contributed by atoms with Crippen LogP contribution in [0.3, 0.4) is 0 Å². The minimum absolute atomic E-state index is 0.0921. The zero-order valence-electron chi connectivity index (χ0n) is 18.6. The number of carbonyl (C=O) groups is 4. The summed E-state index contributed by atoms with van der Waals surface area (Å²) < 4.78 is 19.7. The zero-order chi connectivity index (χ0) is 23.3. The van der Waals surface area contributed by atoms with Gasteiger partial charge < -0.3 is 40.2 Å². The largest absolute Gasteiger partial charge is 0.450 e. The number of ether oxygens (including phenoxy) is 4. The molecule has 0 saturated carbocycles. The first kappa shape index (κ1) is 28.1. The van der Waals surface area contributed by atoms with Crippen molar-refractivity contribution in [2.45, 2.75) is 40.0 Å². The maximum atomic E-state index is 11.8. The third kappa shape index (κ3) is 17.6. The van der Waals surface area contributed by atoms with E-state index in [-0.39, 0.29) is 58.5 Å². The number of rotatable bonds is 15. The Bertz CT molecular complexity index is 491. The molecule has 31 heavy (non-hydrogen) atoms. The Balaban J connectivity index is 4.05. The second-order valence-corrected chi connectivity index (χ2v) is 6.35. The normalized spacial score (nSPS) is 10.1. The maximum Gasteiger partial charge on any atom is 0.407 e. The topological polar surface area (TPSA) is 153 Å². The van der Waals surface area contributed by atoms with Gasteiger partial charge in [0, 0.05) is 32.1 Å². The Kier molecular flexibility index (Phi) is 17.3. The molecule has 180 valence electrons. The molecule has 0 bridgehead atoms. The number of nitrogens with one attached hydrogen (secondary N) is 4. The fraction of sp³-hybridized carbons (Fsp3) is 0.789. The van der Waals surface area contributed by atoms with Crippen molar-refractivity contribution >= 4 is 24.4 Å². The summed E-state index contributed by atoms with van der Waals surface area (Å²) in [5.74, 6) is -0.147. The number of alkyl carbamates (subject to hydrolysis) is 4. The van der Waals surface area contributed by atoms with Crippen LogP contribution >= 0.6 is 0 Å². The molecule has 4 N–H and O–H groups in total. The van der Waals surface area contributed by atoms with E-state index >= 15 is 0 Å². The van der Waals surface area contributed by atoms with Crippen LogP contribution in [0.15, 0.2) is 0 Å². The molecule has 0 fully saturated rings. The first-order chi connectivity index (χ1) is 14.9. The second-order valence-electron chi connectivity index (χ2n) is 6.35. The van der Waals surface area contributed by atoms with Crippen molar-refractivity contribution in [2.24, 2.45) is 5.92 Å². The van der Waals surface area contributed by atoms with Gasteiger partial charge in [0.05, 0.1) is 26.4 Å². The summed E-state index contributed by atoms with van der Waals surface area (Å²) in [7, 11) is 0. The Hall–Kier alpha value is -2.92. The van der Waals surface area contributed by atoms with E-state index in [1.54, 1.807) is 13.8 Å². The van der Waals surface area contributed by atoms with Crippen LogP contribution in [-0.4, -0.2) is 77.0 Å². The van der Waals surface area contributed by atoms with Gasteiger partial charge in [-0.2, -0.15) is 0 Å². The smallest absolute Gasteiger partial charge is 0.407 e. The van der Waals surface area contributed by atoms with Crippen LogP contribution in [-0.2, 0) is 18.9 Å². The van der Waals surface area contributed by atoms with Gasteiger partial charge in [0.25, 0.3) is 0 Å². The third-order valence-electron chi connectivity index (χ3n) is 3.74. The van der Waals surface area contributed by atoms with Crippen molar-refractivity contribution in [1.29, 1.82) is 0 Å². The van der Waals surface area contributed by atoms with Crippen molar-refractivity contribution in [1.82, 2.24) is 21.3 Å². The molecular weight excluding hydrogens is 412 g/mol. The maximum absolute atomic E-state index is 11.8. The lowest BCUT2D eigenvalue weighted by atomic mass is 10.0. The quantitative estimate of drug-likeness (QED) is 0.218. The van der Waals surface area contributed by atoms with Gasteiger partial charge in [-0.1, -0.05) is 19.8 Å². The van der Waals surface area contributed by atoms with Gasteiger partial charge in [0.1, 0.15) is 0 Å².